The van der Waals surface area contributed by atoms with Crippen molar-refractivity contribution >= 4 is 11.6 Å². The Labute approximate surface area is 111 Å². The van der Waals surface area contributed by atoms with E-state index in [9.17, 15) is 0 Å². The van der Waals surface area contributed by atoms with Crippen LogP contribution in [0.25, 0.3) is 0 Å². The fourth-order valence-electron chi connectivity index (χ4n) is 2.38. The van der Waals surface area contributed by atoms with Crippen LogP contribution in [0.3, 0.4) is 0 Å². The molecule has 92 valence electrons. The van der Waals surface area contributed by atoms with Gasteiger partial charge in [0.25, 0.3) is 0 Å². The van der Waals surface area contributed by atoms with E-state index in [1.165, 1.54) is 0 Å². The van der Waals surface area contributed by atoms with Crippen LogP contribution in [0.1, 0.15) is 29.7 Å². The van der Waals surface area contributed by atoms with Crippen molar-refractivity contribution in [3.05, 3.63) is 64.7 Å². The first kappa shape index (κ1) is 11.6. The Kier molecular flexibility index (Phi) is 2.98. The van der Waals surface area contributed by atoms with E-state index < -0.39 is 0 Å². The van der Waals surface area contributed by atoms with E-state index in [0.717, 1.165) is 28.3 Å². The lowest BCUT2D eigenvalue weighted by atomic mass is 9.94. The monoisotopic (exact) mass is 259 g/mol. The number of benzene rings is 2. The lowest BCUT2D eigenvalue weighted by Crippen LogP contribution is -2.24. The molecule has 0 bridgehead atoms. The quantitative estimate of drug-likeness (QED) is 0.844. The van der Waals surface area contributed by atoms with E-state index in [4.69, 9.17) is 22.1 Å². The van der Waals surface area contributed by atoms with Gasteiger partial charge in [0.15, 0.2) is 0 Å². The molecule has 0 aliphatic carbocycles. The molecule has 1 heterocycles. The molecule has 2 atom stereocenters. The van der Waals surface area contributed by atoms with Gasteiger partial charge in [-0.05, 0) is 12.1 Å². The van der Waals surface area contributed by atoms with Gasteiger partial charge in [-0.15, -0.1) is 0 Å². The summed E-state index contributed by atoms with van der Waals surface area (Å²) in [5, 5.41) is 0.731. The van der Waals surface area contributed by atoms with E-state index in [0.29, 0.717) is 0 Å². The number of nitrogens with two attached hydrogens (primary N) is 1. The molecule has 2 nitrogen and oxygen atoms in total. The summed E-state index contributed by atoms with van der Waals surface area (Å²) >= 11 is 6.21. The molecule has 3 rings (SSSR count). The van der Waals surface area contributed by atoms with Gasteiger partial charge in [0, 0.05) is 28.6 Å². The average Bonchev–Trinajstić information content (AvgIpc) is 2.39. The van der Waals surface area contributed by atoms with Crippen molar-refractivity contribution in [2.75, 3.05) is 0 Å². The van der Waals surface area contributed by atoms with Gasteiger partial charge in [0.1, 0.15) is 11.9 Å². The van der Waals surface area contributed by atoms with Gasteiger partial charge in [-0.2, -0.15) is 0 Å². The Balaban J connectivity index is 1.97. The highest BCUT2D eigenvalue weighted by Gasteiger charge is 2.27. The first-order valence-corrected chi connectivity index (χ1v) is 6.39. The van der Waals surface area contributed by atoms with Crippen molar-refractivity contribution in [3.63, 3.8) is 0 Å². The van der Waals surface area contributed by atoms with E-state index >= 15 is 0 Å². The molecule has 0 saturated heterocycles. The fraction of sp³-hybridized carbons (Fsp3) is 0.200. The van der Waals surface area contributed by atoms with Crippen molar-refractivity contribution in [3.8, 4) is 5.75 Å². The van der Waals surface area contributed by atoms with Crippen LogP contribution in [0.5, 0.6) is 5.75 Å². The summed E-state index contributed by atoms with van der Waals surface area (Å²) in [6.45, 7) is 0. The van der Waals surface area contributed by atoms with Gasteiger partial charge in [-0.3, -0.25) is 0 Å². The molecule has 2 aromatic carbocycles. The van der Waals surface area contributed by atoms with Gasteiger partial charge < -0.3 is 10.5 Å². The summed E-state index contributed by atoms with van der Waals surface area (Å²) in [4.78, 5) is 0. The molecular formula is C15H14ClNO. The lowest BCUT2D eigenvalue weighted by molar-refractivity contribution is 0.161. The highest BCUT2D eigenvalue weighted by Crippen LogP contribution is 2.40. The minimum atomic E-state index is -0.0661. The Morgan fingerprint density at radius 1 is 1.00 bits per heavy atom. The molecule has 1 aliphatic rings. The maximum absolute atomic E-state index is 6.21. The van der Waals surface area contributed by atoms with Gasteiger partial charge in [0.2, 0.25) is 0 Å². The Morgan fingerprint density at radius 3 is 2.44 bits per heavy atom. The summed E-state index contributed by atoms with van der Waals surface area (Å²) in [5.74, 6) is 0.862. The smallest absolute Gasteiger partial charge is 0.127 e. The topological polar surface area (TPSA) is 35.2 Å². The molecule has 0 radical (unpaired) electrons. The predicted octanol–water partition coefficient (Wildman–Crippen LogP) is 3.86. The fourth-order valence-corrected chi connectivity index (χ4v) is 2.64. The normalized spacial score (nSPS) is 22.1. The minimum Gasteiger partial charge on any atom is -0.485 e. The molecule has 2 N–H and O–H groups in total. The molecule has 1 aliphatic heterocycles. The number of ether oxygens (including phenoxy) is 1. The van der Waals surface area contributed by atoms with Crippen molar-refractivity contribution in [2.45, 2.75) is 18.6 Å². The van der Waals surface area contributed by atoms with Gasteiger partial charge >= 0.3 is 0 Å². The maximum Gasteiger partial charge on any atom is 0.127 e. The van der Waals surface area contributed by atoms with Gasteiger partial charge in [0.05, 0.1) is 0 Å². The molecule has 2 aromatic rings. The zero-order valence-electron chi connectivity index (χ0n) is 9.84. The summed E-state index contributed by atoms with van der Waals surface area (Å²) in [5.41, 5.74) is 8.28. The van der Waals surface area contributed by atoms with Crippen molar-refractivity contribution < 1.29 is 4.74 Å². The number of hydrogen-bond donors (Lipinski definition) is 1. The van der Waals surface area contributed by atoms with E-state index in [1.54, 1.807) is 0 Å². The van der Waals surface area contributed by atoms with Crippen LogP contribution in [-0.2, 0) is 0 Å². The van der Waals surface area contributed by atoms with Crippen LogP contribution in [0, 0.1) is 0 Å². The van der Waals surface area contributed by atoms with E-state index in [2.05, 4.69) is 0 Å². The molecule has 0 amide bonds. The Hall–Kier alpha value is -1.51. The highest BCUT2D eigenvalue weighted by molar-refractivity contribution is 6.31. The van der Waals surface area contributed by atoms with E-state index in [-0.39, 0.29) is 12.1 Å². The van der Waals surface area contributed by atoms with Crippen LogP contribution in [0.15, 0.2) is 48.5 Å². The predicted molar refractivity (Wildman–Crippen MR) is 72.8 cm³/mol. The van der Waals surface area contributed by atoms with Crippen molar-refractivity contribution in [1.82, 2.24) is 0 Å². The number of rotatable bonds is 1. The van der Waals surface area contributed by atoms with E-state index in [1.807, 2.05) is 48.5 Å². The van der Waals surface area contributed by atoms with Crippen LogP contribution >= 0.6 is 11.6 Å². The van der Waals surface area contributed by atoms with Crippen LogP contribution < -0.4 is 10.5 Å². The lowest BCUT2D eigenvalue weighted by Gasteiger charge is -2.30. The maximum atomic E-state index is 6.21. The summed E-state index contributed by atoms with van der Waals surface area (Å²) in [6, 6.07) is 15.7. The summed E-state index contributed by atoms with van der Waals surface area (Å²) < 4.78 is 6.00. The first-order valence-electron chi connectivity index (χ1n) is 6.01. The molecule has 0 fully saturated rings. The van der Waals surface area contributed by atoms with Crippen LogP contribution in [0.2, 0.25) is 5.02 Å². The first-order chi connectivity index (χ1) is 8.75. The van der Waals surface area contributed by atoms with Crippen LogP contribution in [0.4, 0.5) is 0 Å². The number of hydrogen-bond acceptors (Lipinski definition) is 2. The number of halogens is 1. The second-order valence-corrected chi connectivity index (χ2v) is 4.92. The van der Waals surface area contributed by atoms with Gasteiger partial charge in [-0.25, -0.2) is 0 Å². The minimum absolute atomic E-state index is 0.00350. The molecule has 0 spiro atoms. The third kappa shape index (κ3) is 1.98. The standard InChI is InChI=1S/C15H14ClNO/c16-12-7-3-1-5-10(12)15-9-13(17)11-6-2-4-8-14(11)18-15/h1-8,13,15H,9,17H2/t13-,15?/m0/s1. The number of fused-ring (bicyclic) bond motifs is 1. The third-order valence-corrected chi connectivity index (χ3v) is 3.65. The Morgan fingerprint density at radius 2 is 1.67 bits per heavy atom. The molecule has 3 heteroatoms. The molecule has 18 heavy (non-hydrogen) atoms. The third-order valence-electron chi connectivity index (χ3n) is 3.31. The van der Waals surface area contributed by atoms with Crippen LogP contribution in [-0.4, -0.2) is 0 Å². The van der Waals surface area contributed by atoms with Crippen molar-refractivity contribution in [1.29, 1.82) is 0 Å². The molecular weight excluding hydrogens is 246 g/mol. The Bertz CT molecular complexity index is 570. The van der Waals surface area contributed by atoms with Gasteiger partial charge in [-0.1, -0.05) is 48.0 Å². The zero-order valence-corrected chi connectivity index (χ0v) is 10.6. The molecule has 0 saturated carbocycles. The largest absolute Gasteiger partial charge is 0.485 e. The average molecular weight is 260 g/mol. The highest BCUT2D eigenvalue weighted by atomic mass is 35.5. The summed E-state index contributed by atoms with van der Waals surface area (Å²) in [7, 11) is 0. The zero-order chi connectivity index (χ0) is 12.5. The number of para-hydroxylation sites is 1. The molecule has 0 aromatic heterocycles. The second-order valence-electron chi connectivity index (χ2n) is 4.51. The summed E-state index contributed by atoms with van der Waals surface area (Å²) in [6.07, 6.45) is 0.685. The van der Waals surface area contributed by atoms with Crippen molar-refractivity contribution in [2.24, 2.45) is 5.73 Å². The molecule has 1 unspecified atom stereocenters. The SMILES string of the molecule is N[C@H]1CC(c2ccccc2Cl)Oc2ccccc21. The second kappa shape index (κ2) is 4.63.